The summed E-state index contributed by atoms with van der Waals surface area (Å²) < 4.78 is 1.88. The second kappa shape index (κ2) is 6.93. The van der Waals surface area contributed by atoms with Gasteiger partial charge >= 0.3 is 0 Å². The highest BCUT2D eigenvalue weighted by Crippen LogP contribution is 2.14. The van der Waals surface area contributed by atoms with E-state index in [-0.39, 0.29) is 18.0 Å². The Hall–Kier alpha value is -2.18. The van der Waals surface area contributed by atoms with Crippen LogP contribution in [0.3, 0.4) is 0 Å². The minimum atomic E-state index is -0.121. The Kier molecular flexibility index (Phi) is 4.73. The van der Waals surface area contributed by atoms with Crippen LogP contribution in [0.15, 0.2) is 42.7 Å². The number of rotatable bonds is 5. The lowest BCUT2D eigenvalue weighted by Gasteiger charge is -2.18. The first-order chi connectivity index (χ1) is 11.1. The topological polar surface area (TPSA) is 76.2 Å². The van der Waals surface area contributed by atoms with Crippen LogP contribution < -0.4 is 11.1 Å². The number of nitrogens with two attached hydrogens (primary N) is 1. The fourth-order valence-corrected chi connectivity index (χ4v) is 3.01. The van der Waals surface area contributed by atoms with E-state index >= 15 is 0 Å². The molecule has 1 fully saturated rings. The standard InChI is InChI=1S/C17H23N5O/c1-21-12-15(18)7-16(21)17(23)19-8-14-9-20-22(11-14)10-13-5-3-2-4-6-13/h2-6,9,11,15-16H,7-8,10,12,18H2,1H3,(H,19,23)/t15-,16-/m0/s1. The molecule has 2 heterocycles. The molecule has 2 aromatic rings. The maximum Gasteiger partial charge on any atom is 0.237 e. The van der Waals surface area contributed by atoms with E-state index in [0.717, 1.165) is 25.1 Å². The molecule has 122 valence electrons. The molecule has 1 aliphatic rings. The highest BCUT2D eigenvalue weighted by atomic mass is 16.2. The molecule has 1 amide bonds. The van der Waals surface area contributed by atoms with Crippen molar-refractivity contribution in [2.45, 2.75) is 31.6 Å². The number of nitrogens with one attached hydrogen (secondary N) is 1. The van der Waals surface area contributed by atoms with Crippen LogP contribution in [0.2, 0.25) is 0 Å². The van der Waals surface area contributed by atoms with Gasteiger partial charge in [0.1, 0.15) is 0 Å². The summed E-state index contributed by atoms with van der Waals surface area (Å²) in [5.74, 6) is 0.0382. The summed E-state index contributed by atoms with van der Waals surface area (Å²) in [6.07, 6.45) is 4.49. The molecule has 0 aliphatic carbocycles. The van der Waals surface area contributed by atoms with E-state index in [9.17, 15) is 4.79 Å². The Bertz CT molecular complexity index is 654. The van der Waals surface area contributed by atoms with Crippen LogP contribution >= 0.6 is 0 Å². The Morgan fingerprint density at radius 1 is 1.35 bits per heavy atom. The Morgan fingerprint density at radius 3 is 2.83 bits per heavy atom. The van der Waals surface area contributed by atoms with Gasteiger partial charge in [0.15, 0.2) is 0 Å². The summed E-state index contributed by atoms with van der Waals surface area (Å²) in [5, 5.41) is 7.33. The molecule has 6 heteroatoms. The average molecular weight is 313 g/mol. The zero-order valence-corrected chi connectivity index (χ0v) is 13.4. The number of hydrogen-bond acceptors (Lipinski definition) is 4. The maximum atomic E-state index is 12.2. The second-order valence-electron chi connectivity index (χ2n) is 6.20. The van der Waals surface area contributed by atoms with Crippen LogP contribution in [0.4, 0.5) is 0 Å². The number of hydrogen-bond donors (Lipinski definition) is 2. The summed E-state index contributed by atoms with van der Waals surface area (Å²) in [6, 6.07) is 10.1. The van der Waals surface area contributed by atoms with E-state index in [4.69, 9.17) is 5.73 Å². The van der Waals surface area contributed by atoms with Crippen molar-refractivity contribution in [3.63, 3.8) is 0 Å². The molecule has 1 aromatic carbocycles. The first-order valence-electron chi connectivity index (χ1n) is 7.90. The van der Waals surface area contributed by atoms with Gasteiger partial charge in [-0.2, -0.15) is 5.10 Å². The minimum absolute atomic E-state index is 0.0382. The molecule has 0 unspecified atom stereocenters. The third kappa shape index (κ3) is 3.97. The predicted octanol–water partition coefficient (Wildman–Crippen LogP) is 0.579. The number of likely N-dealkylation sites (N-methyl/N-ethyl adjacent to an activating group) is 1. The minimum Gasteiger partial charge on any atom is -0.351 e. The largest absolute Gasteiger partial charge is 0.351 e. The molecule has 0 saturated carbocycles. The van der Waals surface area contributed by atoms with Gasteiger partial charge in [-0.1, -0.05) is 30.3 Å². The molecule has 3 rings (SSSR count). The van der Waals surface area contributed by atoms with Crippen LogP contribution in [-0.4, -0.2) is 46.3 Å². The number of aromatic nitrogens is 2. The van der Waals surface area contributed by atoms with Crippen LogP contribution in [0, 0.1) is 0 Å². The van der Waals surface area contributed by atoms with Gasteiger partial charge in [0.05, 0.1) is 18.8 Å². The monoisotopic (exact) mass is 313 g/mol. The highest BCUT2D eigenvalue weighted by molar-refractivity contribution is 5.82. The first kappa shape index (κ1) is 15.7. The zero-order valence-electron chi connectivity index (χ0n) is 13.4. The molecule has 3 N–H and O–H groups in total. The van der Waals surface area contributed by atoms with Crippen molar-refractivity contribution in [2.24, 2.45) is 5.73 Å². The fourth-order valence-electron chi connectivity index (χ4n) is 3.01. The molecule has 23 heavy (non-hydrogen) atoms. The summed E-state index contributed by atoms with van der Waals surface area (Å²) in [6.45, 7) is 2.00. The maximum absolute atomic E-state index is 12.2. The van der Waals surface area contributed by atoms with Crippen LogP contribution in [-0.2, 0) is 17.9 Å². The van der Waals surface area contributed by atoms with E-state index in [2.05, 4.69) is 22.5 Å². The number of amides is 1. The van der Waals surface area contributed by atoms with Crippen molar-refractivity contribution in [2.75, 3.05) is 13.6 Å². The van der Waals surface area contributed by atoms with E-state index < -0.39 is 0 Å². The van der Waals surface area contributed by atoms with Gasteiger partial charge in [0.25, 0.3) is 0 Å². The smallest absolute Gasteiger partial charge is 0.237 e. The molecule has 1 aliphatic heterocycles. The lowest BCUT2D eigenvalue weighted by molar-refractivity contribution is -0.125. The number of carbonyl (C=O) groups excluding carboxylic acids is 1. The first-order valence-corrected chi connectivity index (χ1v) is 7.90. The van der Waals surface area contributed by atoms with Gasteiger partial charge in [-0.05, 0) is 19.0 Å². The van der Waals surface area contributed by atoms with Crippen molar-refractivity contribution in [3.8, 4) is 0 Å². The zero-order chi connectivity index (χ0) is 16.2. The third-order valence-corrected chi connectivity index (χ3v) is 4.22. The Balaban J connectivity index is 1.52. The van der Waals surface area contributed by atoms with Gasteiger partial charge in [-0.15, -0.1) is 0 Å². The third-order valence-electron chi connectivity index (χ3n) is 4.22. The SMILES string of the molecule is CN1C[C@@H](N)C[C@H]1C(=O)NCc1cnn(Cc2ccccc2)c1. The van der Waals surface area contributed by atoms with Crippen LogP contribution in [0.25, 0.3) is 0 Å². The van der Waals surface area contributed by atoms with E-state index in [1.807, 2.05) is 41.0 Å². The predicted molar refractivity (Wildman–Crippen MR) is 88.6 cm³/mol. The van der Waals surface area contributed by atoms with Crippen molar-refractivity contribution in [3.05, 3.63) is 53.9 Å². The van der Waals surface area contributed by atoms with Gasteiger partial charge in [-0.3, -0.25) is 14.4 Å². The fraction of sp³-hybridized carbons (Fsp3) is 0.412. The molecule has 1 saturated heterocycles. The van der Waals surface area contributed by atoms with Gasteiger partial charge in [-0.25, -0.2) is 0 Å². The molecular formula is C17H23N5O. The molecule has 1 aromatic heterocycles. The lowest BCUT2D eigenvalue weighted by atomic mass is 10.1. The molecule has 0 bridgehead atoms. The normalized spacial score (nSPS) is 21.5. The molecule has 6 nitrogen and oxygen atoms in total. The molecule has 0 spiro atoms. The quantitative estimate of drug-likeness (QED) is 0.846. The number of benzene rings is 1. The average Bonchev–Trinajstić information content (AvgIpc) is 3.12. The van der Waals surface area contributed by atoms with Crippen molar-refractivity contribution in [1.82, 2.24) is 20.0 Å². The van der Waals surface area contributed by atoms with Crippen molar-refractivity contribution >= 4 is 5.91 Å². The van der Waals surface area contributed by atoms with Crippen LogP contribution in [0.1, 0.15) is 17.5 Å². The number of likely N-dealkylation sites (tertiary alicyclic amines) is 1. The van der Waals surface area contributed by atoms with Gasteiger partial charge < -0.3 is 11.1 Å². The van der Waals surface area contributed by atoms with Crippen LogP contribution in [0.5, 0.6) is 0 Å². The van der Waals surface area contributed by atoms with Gasteiger partial charge in [0.2, 0.25) is 5.91 Å². The summed E-state index contributed by atoms with van der Waals surface area (Å²) in [4.78, 5) is 14.2. The molecule has 2 atom stereocenters. The van der Waals surface area contributed by atoms with Crippen molar-refractivity contribution in [1.29, 1.82) is 0 Å². The van der Waals surface area contributed by atoms with Gasteiger partial charge in [0, 0.05) is 30.9 Å². The highest BCUT2D eigenvalue weighted by Gasteiger charge is 2.32. The number of nitrogens with zero attached hydrogens (tertiary/aromatic N) is 3. The Labute approximate surface area is 136 Å². The van der Waals surface area contributed by atoms with E-state index in [1.165, 1.54) is 5.56 Å². The second-order valence-corrected chi connectivity index (χ2v) is 6.20. The van der Waals surface area contributed by atoms with E-state index in [0.29, 0.717) is 6.54 Å². The number of carbonyl (C=O) groups is 1. The lowest BCUT2D eigenvalue weighted by Crippen LogP contribution is -2.41. The summed E-state index contributed by atoms with van der Waals surface area (Å²) >= 11 is 0. The molecular weight excluding hydrogens is 290 g/mol. The Morgan fingerprint density at radius 2 is 2.13 bits per heavy atom. The summed E-state index contributed by atoms with van der Waals surface area (Å²) in [5.41, 5.74) is 8.10. The van der Waals surface area contributed by atoms with Crippen molar-refractivity contribution < 1.29 is 4.79 Å². The van der Waals surface area contributed by atoms with E-state index in [1.54, 1.807) is 6.20 Å². The molecule has 0 radical (unpaired) electrons. The summed E-state index contributed by atoms with van der Waals surface area (Å²) in [7, 11) is 1.94.